The topological polar surface area (TPSA) is 70.5 Å². The van der Waals surface area contributed by atoms with Gasteiger partial charge in [-0.3, -0.25) is 19.4 Å². The fourth-order valence-corrected chi connectivity index (χ4v) is 1.47. The summed E-state index contributed by atoms with van der Waals surface area (Å²) in [5.74, 6) is 0.347. The van der Waals surface area contributed by atoms with Gasteiger partial charge in [-0.05, 0) is 5.56 Å². The van der Waals surface area contributed by atoms with Gasteiger partial charge in [0.2, 0.25) is 0 Å². The van der Waals surface area contributed by atoms with Crippen molar-refractivity contribution in [3.8, 4) is 0 Å². The summed E-state index contributed by atoms with van der Waals surface area (Å²) in [6.07, 6.45) is 1.65. The molecule has 1 aromatic heterocycles. The molecule has 1 N–H and O–H groups in total. The van der Waals surface area contributed by atoms with Gasteiger partial charge in [0.25, 0.3) is 5.56 Å². The summed E-state index contributed by atoms with van der Waals surface area (Å²) < 4.78 is 0.998. The summed E-state index contributed by atoms with van der Waals surface area (Å²) in [5, 5.41) is 5.61. The van der Waals surface area contributed by atoms with Gasteiger partial charge >= 0.3 is 5.69 Å². The molecule has 0 unspecified atom stereocenters. The van der Waals surface area contributed by atoms with Gasteiger partial charge in [0.1, 0.15) is 5.82 Å². The smallest absolute Gasteiger partial charge is 0.292 e. The standard InChI is InChI=1S/C13H14N4O2/c1-16-12(18)8-11(15-13(16)19)17(2)14-9-10-6-4-3-5-7-10/h3-9H,1-2H3,(H,15,19). The second-order valence-corrected chi connectivity index (χ2v) is 4.04. The molecule has 1 heterocycles. The Hall–Kier alpha value is -2.63. The van der Waals surface area contributed by atoms with Crippen molar-refractivity contribution in [2.24, 2.45) is 12.1 Å². The SMILES string of the molecule is CN(N=Cc1ccccc1)c1cc(=O)n(C)c(=O)[nH]1. The predicted octanol–water partition coefficient (Wildman–Crippen LogP) is 0.544. The monoisotopic (exact) mass is 258 g/mol. The van der Waals surface area contributed by atoms with Crippen molar-refractivity contribution in [1.82, 2.24) is 9.55 Å². The number of anilines is 1. The summed E-state index contributed by atoms with van der Waals surface area (Å²) in [7, 11) is 3.07. The van der Waals surface area contributed by atoms with E-state index in [4.69, 9.17) is 0 Å². The van der Waals surface area contributed by atoms with Crippen LogP contribution in [0, 0.1) is 0 Å². The average Bonchev–Trinajstić information content (AvgIpc) is 2.42. The number of benzene rings is 1. The third-order valence-electron chi connectivity index (χ3n) is 2.66. The van der Waals surface area contributed by atoms with Crippen molar-refractivity contribution in [3.63, 3.8) is 0 Å². The van der Waals surface area contributed by atoms with E-state index in [0.29, 0.717) is 5.82 Å². The van der Waals surface area contributed by atoms with Crippen LogP contribution in [0.1, 0.15) is 5.56 Å². The molecule has 0 saturated carbocycles. The molecule has 0 amide bonds. The van der Waals surface area contributed by atoms with E-state index < -0.39 is 5.69 Å². The van der Waals surface area contributed by atoms with Crippen molar-refractivity contribution in [1.29, 1.82) is 0 Å². The van der Waals surface area contributed by atoms with Crippen molar-refractivity contribution in [3.05, 3.63) is 62.8 Å². The van der Waals surface area contributed by atoms with Crippen LogP contribution in [0.25, 0.3) is 0 Å². The Morgan fingerprint density at radius 2 is 1.95 bits per heavy atom. The molecule has 0 fully saturated rings. The van der Waals surface area contributed by atoms with Crippen LogP contribution in [0.2, 0.25) is 0 Å². The molecule has 0 aliphatic carbocycles. The zero-order valence-corrected chi connectivity index (χ0v) is 10.7. The fourth-order valence-electron chi connectivity index (χ4n) is 1.47. The van der Waals surface area contributed by atoms with Crippen LogP contribution in [0.5, 0.6) is 0 Å². The quantitative estimate of drug-likeness (QED) is 0.645. The van der Waals surface area contributed by atoms with E-state index in [0.717, 1.165) is 10.1 Å². The number of H-pyrrole nitrogens is 1. The third-order valence-corrected chi connectivity index (χ3v) is 2.66. The molecule has 2 aromatic rings. The van der Waals surface area contributed by atoms with Crippen LogP contribution in [-0.2, 0) is 7.05 Å². The molecule has 0 aliphatic rings. The van der Waals surface area contributed by atoms with E-state index in [1.165, 1.54) is 18.1 Å². The van der Waals surface area contributed by atoms with Gasteiger partial charge < -0.3 is 0 Å². The molecule has 0 radical (unpaired) electrons. The number of nitrogens with zero attached hydrogens (tertiary/aromatic N) is 3. The molecule has 2 rings (SSSR count). The average molecular weight is 258 g/mol. The first-order valence-electron chi connectivity index (χ1n) is 5.71. The minimum absolute atomic E-state index is 0.347. The molecule has 0 bridgehead atoms. The van der Waals surface area contributed by atoms with Crippen molar-refractivity contribution < 1.29 is 0 Å². The molecule has 19 heavy (non-hydrogen) atoms. The molecular formula is C13H14N4O2. The molecule has 0 spiro atoms. The Morgan fingerprint density at radius 1 is 1.26 bits per heavy atom. The second kappa shape index (κ2) is 5.34. The number of hydrogen-bond acceptors (Lipinski definition) is 4. The number of hydrazone groups is 1. The van der Waals surface area contributed by atoms with E-state index in [1.807, 2.05) is 30.3 Å². The van der Waals surface area contributed by atoms with Crippen LogP contribution in [-0.4, -0.2) is 22.8 Å². The highest BCUT2D eigenvalue weighted by atomic mass is 16.2. The molecule has 98 valence electrons. The summed E-state index contributed by atoms with van der Waals surface area (Å²) in [6.45, 7) is 0. The molecule has 6 heteroatoms. The zero-order valence-electron chi connectivity index (χ0n) is 10.7. The Bertz CT molecular complexity index is 669. The Balaban J connectivity index is 2.26. The number of aromatic amines is 1. The van der Waals surface area contributed by atoms with E-state index in [9.17, 15) is 9.59 Å². The lowest BCUT2D eigenvalue weighted by Gasteiger charge is -2.12. The second-order valence-electron chi connectivity index (χ2n) is 4.04. The lowest BCUT2D eigenvalue weighted by Crippen LogP contribution is -2.33. The first-order chi connectivity index (χ1) is 9.08. The van der Waals surface area contributed by atoms with E-state index in [1.54, 1.807) is 13.3 Å². The van der Waals surface area contributed by atoms with E-state index in [2.05, 4.69) is 10.1 Å². The predicted molar refractivity (Wildman–Crippen MR) is 74.7 cm³/mol. The molecule has 0 aliphatic heterocycles. The molecular weight excluding hydrogens is 244 g/mol. The maximum atomic E-state index is 11.5. The van der Waals surface area contributed by atoms with Crippen molar-refractivity contribution in [2.45, 2.75) is 0 Å². The number of hydrogen-bond donors (Lipinski definition) is 1. The van der Waals surface area contributed by atoms with Gasteiger partial charge in [-0.2, -0.15) is 5.10 Å². The van der Waals surface area contributed by atoms with Gasteiger partial charge in [0, 0.05) is 20.2 Å². The highest BCUT2D eigenvalue weighted by Crippen LogP contribution is 2.03. The number of rotatable bonds is 3. The maximum absolute atomic E-state index is 11.5. The van der Waals surface area contributed by atoms with Crippen LogP contribution >= 0.6 is 0 Å². The zero-order chi connectivity index (χ0) is 13.8. The Morgan fingerprint density at radius 3 is 2.58 bits per heavy atom. The minimum atomic E-state index is -0.468. The van der Waals surface area contributed by atoms with Crippen LogP contribution < -0.4 is 16.3 Å². The lowest BCUT2D eigenvalue weighted by molar-refractivity contribution is 0.766. The van der Waals surface area contributed by atoms with Gasteiger partial charge in [-0.15, -0.1) is 0 Å². The molecule has 0 saturated heterocycles. The highest BCUT2D eigenvalue weighted by Gasteiger charge is 2.03. The van der Waals surface area contributed by atoms with E-state index >= 15 is 0 Å². The largest absolute Gasteiger partial charge is 0.329 e. The lowest BCUT2D eigenvalue weighted by atomic mass is 10.2. The number of nitrogens with one attached hydrogen (secondary N) is 1. The molecule has 0 atom stereocenters. The molecule has 6 nitrogen and oxygen atoms in total. The highest BCUT2D eigenvalue weighted by molar-refractivity contribution is 5.80. The molecule has 1 aromatic carbocycles. The summed E-state index contributed by atoms with van der Waals surface area (Å²) in [6, 6.07) is 10.9. The van der Waals surface area contributed by atoms with Crippen LogP contribution in [0.4, 0.5) is 5.82 Å². The number of aromatic nitrogens is 2. The fraction of sp³-hybridized carbons (Fsp3) is 0.154. The maximum Gasteiger partial charge on any atom is 0.329 e. The normalized spacial score (nSPS) is 10.8. The van der Waals surface area contributed by atoms with Gasteiger partial charge in [0.05, 0.1) is 6.21 Å². The van der Waals surface area contributed by atoms with Gasteiger partial charge in [0.15, 0.2) is 0 Å². The Kier molecular flexibility index (Phi) is 3.61. The van der Waals surface area contributed by atoms with Crippen LogP contribution in [0.15, 0.2) is 51.1 Å². The summed E-state index contributed by atoms with van der Waals surface area (Å²) in [4.78, 5) is 25.5. The first kappa shape index (κ1) is 12.8. The van der Waals surface area contributed by atoms with Crippen molar-refractivity contribution >= 4 is 12.0 Å². The van der Waals surface area contributed by atoms with E-state index in [-0.39, 0.29) is 5.56 Å². The van der Waals surface area contributed by atoms with Crippen LogP contribution in [0.3, 0.4) is 0 Å². The summed E-state index contributed by atoms with van der Waals surface area (Å²) in [5.41, 5.74) is 0.0882. The van der Waals surface area contributed by atoms with Crippen molar-refractivity contribution in [2.75, 3.05) is 12.1 Å². The Labute approximate surface area is 109 Å². The third kappa shape index (κ3) is 2.98. The minimum Gasteiger partial charge on any atom is -0.292 e. The first-order valence-corrected chi connectivity index (χ1v) is 5.71. The van der Waals surface area contributed by atoms with Gasteiger partial charge in [-0.1, -0.05) is 30.3 Å². The van der Waals surface area contributed by atoms with Gasteiger partial charge in [-0.25, -0.2) is 4.79 Å². The summed E-state index contributed by atoms with van der Waals surface area (Å²) >= 11 is 0.